The molecule has 0 amide bonds. The van der Waals surface area contributed by atoms with Crippen LogP contribution < -0.4 is 0 Å². The van der Waals surface area contributed by atoms with Gasteiger partial charge in [-0.3, -0.25) is 4.79 Å². The van der Waals surface area contributed by atoms with E-state index >= 15 is 0 Å². The number of hydrogen-bond donors (Lipinski definition) is 0. The molecule has 1 aliphatic rings. The number of methoxy groups -OCH3 is 1. The Hall–Kier alpha value is -1.44. The molecule has 0 aromatic heterocycles. The van der Waals surface area contributed by atoms with Gasteiger partial charge in [-0.2, -0.15) is 4.31 Å². The van der Waals surface area contributed by atoms with E-state index in [2.05, 4.69) is 9.64 Å². The molecule has 25 heavy (non-hydrogen) atoms. The van der Waals surface area contributed by atoms with Crippen LogP contribution in [0.15, 0.2) is 29.2 Å². The van der Waals surface area contributed by atoms with Crippen molar-refractivity contribution in [3.63, 3.8) is 0 Å². The van der Waals surface area contributed by atoms with Crippen molar-refractivity contribution in [3.05, 3.63) is 29.8 Å². The summed E-state index contributed by atoms with van der Waals surface area (Å²) in [7, 11) is 1.87. The first-order chi connectivity index (χ1) is 11.8. The molecule has 6 nitrogen and oxygen atoms in total. The number of rotatable bonds is 6. The normalized spacial score (nSPS) is 19.6. The number of carbonyl (C=O) groups is 1. The highest BCUT2D eigenvalue weighted by Crippen LogP contribution is 2.22. The van der Waals surface area contributed by atoms with E-state index in [0.717, 1.165) is 24.8 Å². The predicted molar refractivity (Wildman–Crippen MR) is 96.9 cm³/mol. The molecule has 1 aliphatic heterocycles. The van der Waals surface area contributed by atoms with Crippen LogP contribution in [0.2, 0.25) is 0 Å². The van der Waals surface area contributed by atoms with Crippen molar-refractivity contribution in [1.82, 2.24) is 9.21 Å². The van der Waals surface area contributed by atoms with E-state index in [9.17, 15) is 13.2 Å². The van der Waals surface area contributed by atoms with Gasteiger partial charge in [0, 0.05) is 25.6 Å². The first-order valence-corrected chi connectivity index (χ1v) is 10.1. The van der Waals surface area contributed by atoms with Crippen molar-refractivity contribution in [3.8, 4) is 0 Å². The van der Waals surface area contributed by atoms with Crippen LogP contribution in [0.3, 0.4) is 0 Å². The minimum Gasteiger partial charge on any atom is -0.469 e. The lowest BCUT2D eigenvalue weighted by atomic mass is 10.1. The molecular formula is C18H28N2O4S. The minimum atomic E-state index is -3.49. The van der Waals surface area contributed by atoms with Crippen molar-refractivity contribution in [2.45, 2.75) is 43.0 Å². The lowest BCUT2D eigenvalue weighted by Gasteiger charge is -2.28. The molecule has 1 aromatic rings. The lowest BCUT2D eigenvalue weighted by Crippen LogP contribution is -2.41. The average molecular weight is 368 g/mol. The molecule has 7 heteroatoms. The van der Waals surface area contributed by atoms with Crippen LogP contribution in [0.1, 0.15) is 31.2 Å². The van der Waals surface area contributed by atoms with Crippen LogP contribution in [-0.2, 0) is 26.0 Å². The zero-order valence-electron chi connectivity index (χ0n) is 15.3. The van der Waals surface area contributed by atoms with Crippen LogP contribution in [-0.4, -0.2) is 63.9 Å². The smallest absolute Gasteiger partial charge is 0.305 e. The fourth-order valence-corrected chi connectivity index (χ4v) is 4.57. The van der Waals surface area contributed by atoms with Crippen molar-refractivity contribution in [2.75, 3.05) is 34.3 Å². The maximum atomic E-state index is 13.0. The second-order valence-corrected chi connectivity index (χ2v) is 8.63. The summed E-state index contributed by atoms with van der Waals surface area (Å²) < 4.78 is 32.2. The lowest BCUT2D eigenvalue weighted by molar-refractivity contribution is -0.140. The predicted octanol–water partition coefficient (Wildman–Crippen LogP) is 1.90. The van der Waals surface area contributed by atoms with Crippen molar-refractivity contribution in [1.29, 1.82) is 0 Å². The van der Waals surface area contributed by atoms with E-state index in [4.69, 9.17) is 0 Å². The summed E-state index contributed by atoms with van der Waals surface area (Å²) >= 11 is 0. The molecule has 0 saturated carbocycles. The SMILES string of the molecule is COC(=O)CCc1ccc(S(=O)(=O)N2CCCC[C@H](N(C)C)C2)cc1. The maximum absolute atomic E-state index is 13.0. The zero-order chi connectivity index (χ0) is 18.4. The standard InChI is InChI=1S/C18H28N2O4S/c1-19(2)16-6-4-5-13-20(14-16)25(22,23)17-10-7-15(8-11-17)9-12-18(21)24-3/h7-8,10-11,16H,4-6,9,12-14H2,1-3H3/t16-/m0/s1. The Bertz CT molecular complexity index is 671. The third-order valence-corrected chi connectivity index (χ3v) is 6.63. The van der Waals surface area contributed by atoms with Crippen LogP contribution in [0.4, 0.5) is 0 Å². The van der Waals surface area contributed by atoms with E-state index in [-0.39, 0.29) is 12.0 Å². The van der Waals surface area contributed by atoms with Crippen molar-refractivity contribution >= 4 is 16.0 Å². The Morgan fingerprint density at radius 1 is 1.24 bits per heavy atom. The van der Waals surface area contributed by atoms with E-state index in [0.29, 0.717) is 30.8 Å². The fourth-order valence-electron chi connectivity index (χ4n) is 3.05. The molecule has 1 aromatic carbocycles. The minimum absolute atomic E-state index is 0.247. The van der Waals surface area contributed by atoms with E-state index < -0.39 is 10.0 Å². The number of hydrogen-bond acceptors (Lipinski definition) is 5. The number of sulfonamides is 1. The van der Waals surface area contributed by atoms with Gasteiger partial charge in [0.15, 0.2) is 0 Å². The zero-order valence-corrected chi connectivity index (χ0v) is 16.1. The molecule has 0 unspecified atom stereocenters. The summed E-state index contributed by atoms with van der Waals surface area (Å²) in [5, 5.41) is 0. The second kappa shape index (κ2) is 8.78. The van der Waals surface area contributed by atoms with Crippen LogP contribution in [0.5, 0.6) is 0 Å². The van der Waals surface area contributed by atoms with Crippen LogP contribution in [0.25, 0.3) is 0 Å². The number of nitrogens with zero attached hydrogens (tertiary/aromatic N) is 2. The largest absolute Gasteiger partial charge is 0.469 e. The van der Waals surface area contributed by atoms with Gasteiger partial charge in [0.05, 0.1) is 12.0 Å². The van der Waals surface area contributed by atoms with Gasteiger partial charge in [0.2, 0.25) is 10.0 Å². The number of benzene rings is 1. The summed E-state index contributed by atoms with van der Waals surface area (Å²) in [6.07, 6.45) is 3.78. The third kappa shape index (κ3) is 5.26. The van der Waals surface area contributed by atoms with Gasteiger partial charge in [-0.25, -0.2) is 8.42 Å². The van der Waals surface area contributed by atoms with Crippen LogP contribution >= 0.6 is 0 Å². The van der Waals surface area contributed by atoms with E-state index in [1.54, 1.807) is 28.6 Å². The first kappa shape index (κ1) is 19.9. The van der Waals surface area contributed by atoms with E-state index in [1.165, 1.54) is 7.11 Å². The molecule has 0 spiro atoms. The summed E-state index contributed by atoms with van der Waals surface area (Å²) in [6, 6.07) is 7.07. The van der Waals surface area contributed by atoms with Crippen LogP contribution in [0, 0.1) is 0 Å². The Balaban J connectivity index is 2.11. The molecule has 0 radical (unpaired) electrons. The molecule has 0 N–H and O–H groups in total. The van der Waals surface area contributed by atoms with Gasteiger partial charge in [-0.15, -0.1) is 0 Å². The number of carbonyl (C=O) groups excluding carboxylic acids is 1. The molecular weight excluding hydrogens is 340 g/mol. The average Bonchev–Trinajstić information content (AvgIpc) is 2.87. The Morgan fingerprint density at radius 3 is 2.52 bits per heavy atom. The van der Waals surface area contributed by atoms with Gasteiger partial charge < -0.3 is 9.64 Å². The first-order valence-electron chi connectivity index (χ1n) is 8.67. The molecule has 0 aliphatic carbocycles. The Kier molecular flexibility index (Phi) is 6.98. The summed E-state index contributed by atoms with van der Waals surface area (Å²) in [5.74, 6) is -0.268. The topological polar surface area (TPSA) is 66.9 Å². The fraction of sp³-hybridized carbons (Fsp3) is 0.611. The molecule has 1 fully saturated rings. The number of likely N-dealkylation sites (N-methyl/N-ethyl adjacent to an activating group) is 1. The molecule has 0 bridgehead atoms. The van der Waals surface area contributed by atoms with Crippen molar-refractivity contribution < 1.29 is 17.9 Å². The summed E-state index contributed by atoms with van der Waals surface area (Å²) in [6.45, 7) is 1.09. The van der Waals surface area contributed by atoms with Gasteiger partial charge in [0.1, 0.15) is 0 Å². The highest BCUT2D eigenvalue weighted by atomic mass is 32.2. The van der Waals surface area contributed by atoms with Gasteiger partial charge in [-0.1, -0.05) is 18.6 Å². The van der Waals surface area contributed by atoms with Gasteiger partial charge in [-0.05, 0) is 51.1 Å². The third-order valence-electron chi connectivity index (χ3n) is 4.75. The molecule has 1 atom stereocenters. The second-order valence-electron chi connectivity index (χ2n) is 6.70. The van der Waals surface area contributed by atoms with E-state index in [1.807, 2.05) is 14.1 Å². The number of aryl methyl sites for hydroxylation is 1. The highest BCUT2D eigenvalue weighted by molar-refractivity contribution is 7.89. The van der Waals surface area contributed by atoms with Crippen molar-refractivity contribution in [2.24, 2.45) is 0 Å². The number of esters is 1. The van der Waals surface area contributed by atoms with Gasteiger partial charge in [0.25, 0.3) is 0 Å². The molecule has 140 valence electrons. The monoisotopic (exact) mass is 368 g/mol. The molecule has 1 heterocycles. The Morgan fingerprint density at radius 2 is 1.92 bits per heavy atom. The molecule has 2 rings (SSSR count). The number of ether oxygens (including phenoxy) is 1. The highest BCUT2D eigenvalue weighted by Gasteiger charge is 2.29. The summed E-state index contributed by atoms with van der Waals surface area (Å²) in [5.41, 5.74) is 0.923. The van der Waals surface area contributed by atoms with Gasteiger partial charge >= 0.3 is 5.97 Å². The molecule has 1 saturated heterocycles. The maximum Gasteiger partial charge on any atom is 0.305 e. The quantitative estimate of drug-likeness (QED) is 0.718. The summed E-state index contributed by atoms with van der Waals surface area (Å²) in [4.78, 5) is 13.6. The Labute approximate surface area is 150 Å².